The SMILES string of the molecule is CCc1nc(Cc2cccc(OC)c2)nc(N)c1C. The maximum Gasteiger partial charge on any atom is 0.135 e. The summed E-state index contributed by atoms with van der Waals surface area (Å²) in [6.45, 7) is 4.04. The molecule has 1 aromatic carbocycles. The third-order valence-electron chi connectivity index (χ3n) is 3.16. The van der Waals surface area contributed by atoms with E-state index in [9.17, 15) is 0 Å². The van der Waals surface area contributed by atoms with Crippen LogP contribution in [0.5, 0.6) is 5.75 Å². The average molecular weight is 257 g/mol. The van der Waals surface area contributed by atoms with Gasteiger partial charge in [0.1, 0.15) is 17.4 Å². The predicted octanol–water partition coefficient (Wildman–Crippen LogP) is 2.53. The molecule has 0 saturated carbocycles. The van der Waals surface area contributed by atoms with Crippen LogP contribution in [0.15, 0.2) is 24.3 Å². The van der Waals surface area contributed by atoms with Gasteiger partial charge in [-0.2, -0.15) is 0 Å². The van der Waals surface area contributed by atoms with Crippen molar-refractivity contribution < 1.29 is 4.74 Å². The van der Waals surface area contributed by atoms with Crippen LogP contribution in [0.1, 0.15) is 29.6 Å². The van der Waals surface area contributed by atoms with Gasteiger partial charge in [-0.3, -0.25) is 0 Å². The van der Waals surface area contributed by atoms with Crippen LogP contribution in [0.4, 0.5) is 5.82 Å². The zero-order valence-corrected chi connectivity index (χ0v) is 11.6. The minimum absolute atomic E-state index is 0.574. The van der Waals surface area contributed by atoms with Crippen LogP contribution in [-0.4, -0.2) is 17.1 Å². The molecule has 100 valence electrons. The minimum Gasteiger partial charge on any atom is -0.497 e. The molecule has 4 nitrogen and oxygen atoms in total. The fourth-order valence-electron chi connectivity index (χ4n) is 2.02. The second-order valence-electron chi connectivity index (χ2n) is 4.48. The van der Waals surface area contributed by atoms with Gasteiger partial charge in [0.15, 0.2) is 0 Å². The number of aromatic nitrogens is 2. The number of ether oxygens (including phenoxy) is 1. The van der Waals surface area contributed by atoms with E-state index in [1.165, 1.54) is 0 Å². The molecule has 0 unspecified atom stereocenters. The summed E-state index contributed by atoms with van der Waals surface area (Å²) in [5, 5.41) is 0. The molecule has 2 N–H and O–H groups in total. The Labute approximate surface area is 113 Å². The summed E-state index contributed by atoms with van der Waals surface area (Å²) in [6.07, 6.45) is 1.53. The number of nitrogens with two attached hydrogens (primary N) is 1. The molecule has 1 heterocycles. The Morgan fingerprint density at radius 1 is 1.26 bits per heavy atom. The Morgan fingerprint density at radius 3 is 2.74 bits per heavy atom. The Morgan fingerprint density at radius 2 is 2.05 bits per heavy atom. The van der Waals surface area contributed by atoms with E-state index < -0.39 is 0 Å². The van der Waals surface area contributed by atoms with Crippen LogP contribution in [0, 0.1) is 6.92 Å². The van der Waals surface area contributed by atoms with Gasteiger partial charge in [0.25, 0.3) is 0 Å². The van der Waals surface area contributed by atoms with E-state index in [-0.39, 0.29) is 0 Å². The first kappa shape index (κ1) is 13.3. The van der Waals surface area contributed by atoms with Gasteiger partial charge >= 0.3 is 0 Å². The smallest absolute Gasteiger partial charge is 0.135 e. The molecule has 2 rings (SSSR count). The van der Waals surface area contributed by atoms with Gasteiger partial charge in [0.05, 0.1) is 7.11 Å². The molecule has 0 aliphatic rings. The number of rotatable bonds is 4. The maximum atomic E-state index is 5.93. The second-order valence-corrected chi connectivity index (χ2v) is 4.48. The van der Waals surface area contributed by atoms with Crippen LogP contribution in [0.25, 0.3) is 0 Å². The third-order valence-corrected chi connectivity index (χ3v) is 3.16. The molecule has 0 aliphatic carbocycles. The van der Waals surface area contributed by atoms with Crippen molar-refractivity contribution in [3.05, 3.63) is 46.9 Å². The van der Waals surface area contributed by atoms with Crippen molar-refractivity contribution in [3.8, 4) is 5.75 Å². The highest BCUT2D eigenvalue weighted by Crippen LogP contribution is 2.17. The molecular weight excluding hydrogens is 238 g/mol. The highest BCUT2D eigenvalue weighted by Gasteiger charge is 2.08. The highest BCUT2D eigenvalue weighted by molar-refractivity contribution is 5.42. The molecule has 0 fully saturated rings. The van der Waals surface area contributed by atoms with E-state index in [0.717, 1.165) is 34.8 Å². The number of hydrogen-bond acceptors (Lipinski definition) is 4. The third kappa shape index (κ3) is 3.02. The van der Waals surface area contributed by atoms with E-state index in [2.05, 4.69) is 16.9 Å². The quantitative estimate of drug-likeness (QED) is 0.914. The molecule has 2 aromatic rings. The standard InChI is InChI=1S/C15H19N3O/c1-4-13-10(2)15(16)18-14(17-13)9-11-6-5-7-12(8-11)19-3/h5-8H,4,9H2,1-3H3,(H2,16,17,18). The number of methoxy groups -OCH3 is 1. The molecule has 0 bridgehead atoms. The summed E-state index contributed by atoms with van der Waals surface area (Å²) in [4.78, 5) is 8.93. The fraction of sp³-hybridized carbons (Fsp3) is 0.333. The fourth-order valence-corrected chi connectivity index (χ4v) is 2.02. The van der Waals surface area contributed by atoms with Crippen LogP contribution < -0.4 is 10.5 Å². The van der Waals surface area contributed by atoms with E-state index in [1.807, 2.05) is 31.2 Å². The molecule has 1 aromatic heterocycles. The van der Waals surface area contributed by atoms with Crippen molar-refractivity contribution in [1.29, 1.82) is 0 Å². The Hall–Kier alpha value is -2.10. The van der Waals surface area contributed by atoms with Crippen LogP contribution >= 0.6 is 0 Å². The lowest BCUT2D eigenvalue weighted by atomic mass is 10.1. The van der Waals surface area contributed by atoms with Gasteiger partial charge < -0.3 is 10.5 Å². The van der Waals surface area contributed by atoms with Crippen molar-refractivity contribution in [2.24, 2.45) is 0 Å². The molecule has 19 heavy (non-hydrogen) atoms. The molecule has 4 heteroatoms. The van der Waals surface area contributed by atoms with Gasteiger partial charge in [0, 0.05) is 17.7 Å². The second kappa shape index (κ2) is 5.69. The lowest BCUT2D eigenvalue weighted by Gasteiger charge is -2.09. The van der Waals surface area contributed by atoms with Crippen molar-refractivity contribution in [2.45, 2.75) is 26.7 Å². The lowest BCUT2D eigenvalue weighted by Crippen LogP contribution is -2.07. The minimum atomic E-state index is 0.574. The van der Waals surface area contributed by atoms with Gasteiger partial charge in [0.2, 0.25) is 0 Å². The number of benzene rings is 1. The number of anilines is 1. The van der Waals surface area contributed by atoms with Crippen molar-refractivity contribution >= 4 is 5.82 Å². The van der Waals surface area contributed by atoms with Crippen LogP contribution in [0.2, 0.25) is 0 Å². The van der Waals surface area contributed by atoms with Crippen LogP contribution in [0.3, 0.4) is 0 Å². The summed E-state index contributed by atoms with van der Waals surface area (Å²) in [6, 6.07) is 7.91. The zero-order valence-electron chi connectivity index (χ0n) is 11.6. The topological polar surface area (TPSA) is 61.0 Å². The maximum absolute atomic E-state index is 5.93. The van der Waals surface area contributed by atoms with Crippen molar-refractivity contribution in [1.82, 2.24) is 9.97 Å². The first-order valence-corrected chi connectivity index (χ1v) is 6.38. The summed E-state index contributed by atoms with van der Waals surface area (Å²) in [7, 11) is 1.66. The Kier molecular flexibility index (Phi) is 4.00. The molecule has 0 radical (unpaired) electrons. The van der Waals surface area contributed by atoms with Gasteiger partial charge in [-0.25, -0.2) is 9.97 Å². The molecule has 0 atom stereocenters. The highest BCUT2D eigenvalue weighted by atomic mass is 16.5. The molecule has 0 spiro atoms. The summed E-state index contributed by atoms with van der Waals surface area (Å²) < 4.78 is 5.21. The molecule has 0 aliphatic heterocycles. The molecule has 0 amide bonds. The van der Waals surface area contributed by atoms with E-state index in [0.29, 0.717) is 12.2 Å². The summed E-state index contributed by atoms with van der Waals surface area (Å²) >= 11 is 0. The van der Waals surface area contributed by atoms with Gasteiger partial charge in [-0.05, 0) is 31.0 Å². The van der Waals surface area contributed by atoms with Crippen molar-refractivity contribution in [3.63, 3.8) is 0 Å². The van der Waals surface area contributed by atoms with Gasteiger partial charge in [-0.15, -0.1) is 0 Å². The summed E-state index contributed by atoms with van der Waals surface area (Å²) in [5.41, 5.74) is 9.05. The summed E-state index contributed by atoms with van der Waals surface area (Å²) in [5.74, 6) is 2.17. The van der Waals surface area contributed by atoms with E-state index in [1.54, 1.807) is 7.11 Å². The normalized spacial score (nSPS) is 10.5. The van der Waals surface area contributed by atoms with Crippen LogP contribution in [-0.2, 0) is 12.8 Å². The monoisotopic (exact) mass is 257 g/mol. The van der Waals surface area contributed by atoms with Crippen molar-refractivity contribution in [2.75, 3.05) is 12.8 Å². The van der Waals surface area contributed by atoms with E-state index in [4.69, 9.17) is 10.5 Å². The largest absolute Gasteiger partial charge is 0.497 e. The lowest BCUT2D eigenvalue weighted by molar-refractivity contribution is 0.414. The van der Waals surface area contributed by atoms with E-state index >= 15 is 0 Å². The Balaban J connectivity index is 2.30. The number of nitrogens with zero attached hydrogens (tertiary/aromatic N) is 2. The molecular formula is C15H19N3O. The number of aryl methyl sites for hydroxylation is 1. The average Bonchev–Trinajstić information content (AvgIpc) is 2.43. The first-order valence-electron chi connectivity index (χ1n) is 6.38. The predicted molar refractivity (Wildman–Crippen MR) is 76.4 cm³/mol. The van der Waals surface area contributed by atoms with Gasteiger partial charge in [-0.1, -0.05) is 19.1 Å². The number of hydrogen-bond donors (Lipinski definition) is 1. The number of nitrogen functional groups attached to an aromatic ring is 1. The Bertz CT molecular complexity index is 582. The first-order chi connectivity index (χ1) is 9.13. The zero-order chi connectivity index (χ0) is 13.8. The molecule has 0 saturated heterocycles.